The first-order chi connectivity index (χ1) is 17.4. The number of hydrogen-bond donors (Lipinski definition) is 2. The predicted molar refractivity (Wildman–Crippen MR) is 136 cm³/mol. The Morgan fingerprint density at radius 2 is 1.33 bits per heavy atom. The largest absolute Gasteiger partial charge is 0.506 e. The van der Waals surface area contributed by atoms with Gasteiger partial charge < -0.3 is 10.4 Å². The van der Waals surface area contributed by atoms with Gasteiger partial charge in [-0.1, -0.05) is 72.8 Å². The molecule has 6 heteroatoms. The van der Waals surface area contributed by atoms with Crippen LogP contribution in [0.5, 0.6) is 5.75 Å². The van der Waals surface area contributed by atoms with Gasteiger partial charge >= 0.3 is 0 Å². The van der Waals surface area contributed by atoms with E-state index < -0.39 is 5.78 Å². The molecule has 1 amide bonds. The van der Waals surface area contributed by atoms with Crippen LogP contribution in [-0.4, -0.2) is 28.4 Å². The number of carbonyl (C=O) groups is 4. The van der Waals surface area contributed by atoms with Crippen molar-refractivity contribution in [1.82, 2.24) is 0 Å². The van der Waals surface area contributed by atoms with Crippen molar-refractivity contribution in [1.29, 1.82) is 0 Å². The van der Waals surface area contributed by atoms with E-state index >= 15 is 0 Å². The molecule has 0 spiro atoms. The van der Waals surface area contributed by atoms with Crippen LogP contribution in [0.25, 0.3) is 6.08 Å². The Morgan fingerprint density at radius 1 is 0.694 bits per heavy atom. The van der Waals surface area contributed by atoms with Gasteiger partial charge in [-0.3, -0.25) is 19.2 Å². The SMILES string of the molecule is O=C(Nc1ccccc1O)c1ccc(/C=C/C(=O)c2cccc3c2C(=O)c2ccccc2C3=O)cc1. The third-order valence-electron chi connectivity index (χ3n) is 5.97. The minimum absolute atomic E-state index is 0.0318. The molecule has 1 aliphatic rings. The fraction of sp³-hybridized carbons (Fsp3) is 0. The molecule has 6 nitrogen and oxygen atoms in total. The minimum Gasteiger partial charge on any atom is -0.506 e. The van der Waals surface area contributed by atoms with Crippen molar-refractivity contribution in [3.63, 3.8) is 0 Å². The van der Waals surface area contributed by atoms with E-state index in [2.05, 4.69) is 5.32 Å². The number of para-hydroxylation sites is 2. The van der Waals surface area contributed by atoms with Crippen LogP contribution in [-0.2, 0) is 0 Å². The first kappa shape index (κ1) is 22.7. The molecule has 0 saturated carbocycles. The summed E-state index contributed by atoms with van der Waals surface area (Å²) in [4.78, 5) is 51.5. The Labute approximate surface area is 206 Å². The molecular formula is C30H19NO5. The molecule has 36 heavy (non-hydrogen) atoms. The lowest BCUT2D eigenvalue weighted by Crippen LogP contribution is -2.23. The molecule has 0 saturated heterocycles. The third-order valence-corrected chi connectivity index (χ3v) is 5.97. The highest BCUT2D eigenvalue weighted by Gasteiger charge is 2.32. The molecule has 0 aromatic heterocycles. The summed E-state index contributed by atoms with van der Waals surface area (Å²) in [6, 6.07) is 24.3. The Morgan fingerprint density at radius 3 is 2.06 bits per heavy atom. The zero-order valence-electron chi connectivity index (χ0n) is 18.9. The number of fused-ring (bicyclic) bond motifs is 2. The van der Waals surface area contributed by atoms with Gasteiger partial charge in [0, 0.05) is 33.4 Å². The third kappa shape index (κ3) is 4.12. The number of rotatable bonds is 5. The summed E-state index contributed by atoms with van der Waals surface area (Å²) in [6.07, 6.45) is 2.92. The first-order valence-corrected chi connectivity index (χ1v) is 11.2. The van der Waals surface area contributed by atoms with Crippen LogP contribution in [0.4, 0.5) is 5.69 Å². The van der Waals surface area contributed by atoms with E-state index in [-0.39, 0.29) is 45.5 Å². The number of phenolic OH excluding ortho intramolecular Hbond substituents is 1. The summed E-state index contributed by atoms with van der Waals surface area (Å²) in [5.74, 6) is -1.46. The average molecular weight is 473 g/mol. The van der Waals surface area contributed by atoms with E-state index in [0.717, 1.165) is 0 Å². The van der Waals surface area contributed by atoms with Gasteiger partial charge in [-0.15, -0.1) is 0 Å². The molecule has 174 valence electrons. The molecule has 0 unspecified atom stereocenters. The molecule has 0 radical (unpaired) electrons. The second-order valence-corrected chi connectivity index (χ2v) is 8.22. The maximum atomic E-state index is 13.1. The van der Waals surface area contributed by atoms with E-state index in [9.17, 15) is 24.3 Å². The normalized spacial score (nSPS) is 12.2. The van der Waals surface area contributed by atoms with Crippen molar-refractivity contribution >= 4 is 35.0 Å². The smallest absolute Gasteiger partial charge is 0.255 e. The second-order valence-electron chi connectivity index (χ2n) is 8.22. The zero-order valence-corrected chi connectivity index (χ0v) is 18.9. The van der Waals surface area contributed by atoms with Crippen molar-refractivity contribution in [3.05, 3.63) is 136 Å². The first-order valence-electron chi connectivity index (χ1n) is 11.2. The molecule has 4 aromatic carbocycles. The molecule has 0 fully saturated rings. The Bertz CT molecular complexity index is 1580. The van der Waals surface area contributed by atoms with E-state index in [1.807, 2.05) is 0 Å². The number of benzene rings is 4. The molecule has 0 bridgehead atoms. The lowest BCUT2D eigenvalue weighted by atomic mass is 9.81. The van der Waals surface area contributed by atoms with Crippen LogP contribution in [0.2, 0.25) is 0 Å². The van der Waals surface area contributed by atoms with Crippen LogP contribution < -0.4 is 5.32 Å². The molecule has 1 aliphatic carbocycles. The molecule has 0 atom stereocenters. The van der Waals surface area contributed by atoms with Crippen LogP contribution in [0, 0.1) is 0 Å². The zero-order chi connectivity index (χ0) is 25.2. The highest BCUT2D eigenvalue weighted by molar-refractivity contribution is 6.31. The number of phenols is 1. The van der Waals surface area contributed by atoms with E-state index in [0.29, 0.717) is 22.4 Å². The average Bonchev–Trinajstić information content (AvgIpc) is 2.91. The lowest BCUT2D eigenvalue weighted by molar-refractivity contribution is 0.0972. The molecule has 4 aromatic rings. The minimum atomic E-state index is -0.409. The van der Waals surface area contributed by atoms with Gasteiger partial charge in [0.1, 0.15) is 5.75 Å². The number of anilines is 1. The van der Waals surface area contributed by atoms with Crippen molar-refractivity contribution in [3.8, 4) is 5.75 Å². The monoisotopic (exact) mass is 473 g/mol. The van der Waals surface area contributed by atoms with Gasteiger partial charge in [-0.05, 0) is 35.9 Å². The van der Waals surface area contributed by atoms with E-state index in [1.54, 1.807) is 84.9 Å². The molecule has 0 aliphatic heterocycles. The second kappa shape index (κ2) is 9.27. The number of hydrogen-bond acceptors (Lipinski definition) is 5. The molecule has 2 N–H and O–H groups in total. The van der Waals surface area contributed by atoms with Crippen LogP contribution in [0.3, 0.4) is 0 Å². The van der Waals surface area contributed by atoms with E-state index in [1.165, 1.54) is 18.2 Å². The summed E-state index contributed by atoms with van der Waals surface area (Å²) in [5, 5.41) is 12.5. The van der Waals surface area contributed by atoms with Crippen molar-refractivity contribution in [2.75, 3.05) is 5.32 Å². The molecule has 0 heterocycles. The van der Waals surface area contributed by atoms with Gasteiger partial charge in [0.15, 0.2) is 17.3 Å². The van der Waals surface area contributed by atoms with Crippen LogP contribution >= 0.6 is 0 Å². The van der Waals surface area contributed by atoms with Gasteiger partial charge in [0.05, 0.1) is 5.69 Å². The topological polar surface area (TPSA) is 101 Å². The highest BCUT2D eigenvalue weighted by atomic mass is 16.3. The molecular weight excluding hydrogens is 454 g/mol. The van der Waals surface area contributed by atoms with E-state index in [4.69, 9.17) is 0 Å². The maximum Gasteiger partial charge on any atom is 0.255 e. The Hall–Kier alpha value is -5.10. The molecule has 5 rings (SSSR count). The number of ketones is 3. The van der Waals surface area contributed by atoms with Gasteiger partial charge in [-0.25, -0.2) is 0 Å². The number of nitrogens with one attached hydrogen (secondary N) is 1. The predicted octanol–water partition coefficient (Wildman–Crippen LogP) is 5.32. The Balaban J connectivity index is 1.35. The van der Waals surface area contributed by atoms with Gasteiger partial charge in [0.2, 0.25) is 0 Å². The summed E-state index contributed by atoms with van der Waals surface area (Å²) in [6.45, 7) is 0. The standard InChI is InChI=1S/C30H19NO5/c32-25(22-8-5-9-23-27(22)29(35)21-7-2-1-6-20(21)28(23)34)17-14-18-12-15-19(16-13-18)30(36)31-24-10-3-4-11-26(24)33/h1-17,33H,(H,31,36)/b17-14+. The highest BCUT2D eigenvalue weighted by Crippen LogP contribution is 2.30. The van der Waals surface area contributed by atoms with Crippen LogP contribution in [0.1, 0.15) is 58.1 Å². The lowest BCUT2D eigenvalue weighted by Gasteiger charge is -2.19. The summed E-state index contributed by atoms with van der Waals surface area (Å²) < 4.78 is 0. The maximum absolute atomic E-state index is 13.1. The number of allylic oxidation sites excluding steroid dienone is 1. The van der Waals surface area contributed by atoms with Crippen molar-refractivity contribution in [2.45, 2.75) is 0 Å². The summed E-state index contributed by atoms with van der Waals surface area (Å²) in [5.41, 5.74) is 2.47. The number of amides is 1. The van der Waals surface area contributed by atoms with Gasteiger partial charge in [0.25, 0.3) is 5.91 Å². The van der Waals surface area contributed by atoms with Crippen molar-refractivity contribution in [2.24, 2.45) is 0 Å². The van der Waals surface area contributed by atoms with Crippen molar-refractivity contribution < 1.29 is 24.3 Å². The number of aromatic hydroxyl groups is 1. The fourth-order valence-electron chi connectivity index (χ4n) is 4.13. The number of carbonyl (C=O) groups excluding carboxylic acids is 4. The Kier molecular flexibility index (Phi) is 5.84. The quantitative estimate of drug-likeness (QED) is 0.205. The van der Waals surface area contributed by atoms with Gasteiger partial charge in [-0.2, -0.15) is 0 Å². The summed E-state index contributed by atoms with van der Waals surface area (Å²) >= 11 is 0. The van der Waals surface area contributed by atoms with Crippen LogP contribution in [0.15, 0.2) is 97.1 Å². The summed E-state index contributed by atoms with van der Waals surface area (Å²) in [7, 11) is 0. The fourth-order valence-corrected chi connectivity index (χ4v) is 4.13.